The number of nitrogens with zero attached hydrogens (tertiary/aromatic N) is 5. The van der Waals surface area contributed by atoms with Crippen LogP contribution in [0.2, 0.25) is 0 Å². The van der Waals surface area contributed by atoms with Gasteiger partial charge in [-0.05, 0) is 18.1 Å². The summed E-state index contributed by atoms with van der Waals surface area (Å²) in [5, 5.41) is 4.52. The number of carbonyl (C=O) groups is 1. The maximum Gasteiger partial charge on any atom is 0.228 e. The molecule has 0 aliphatic carbocycles. The Labute approximate surface area is 181 Å². The third-order valence-corrected chi connectivity index (χ3v) is 5.72. The fourth-order valence-corrected chi connectivity index (χ4v) is 4.03. The standard InChI is InChI=1S/C25H25N5O/c1-25(2,3)24(31)29-12-11-19-15-30-23(28-22(19)16-29)20(14-27-30)18-9-10-21(26-13-18)17-7-5-4-6-8-17/h4-10,13-15H,11-12,16H2,1-3H3. The van der Waals surface area contributed by atoms with Gasteiger partial charge in [0.15, 0.2) is 5.65 Å². The molecule has 3 aromatic heterocycles. The first-order valence-corrected chi connectivity index (χ1v) is 10.6. The highest BCUT2D eigenvalue weighted by atomic mass is 16.2. The number of rotatable bonds is 2. The first-order valence-electron chi connectivity index (χ1n) is 10.6. The lowest BCUT2D eigenvalue weighted by atomic mass is 9.93. The molecule has 5 rings (SSSR count). The Morgan fingerprint density at radius 3 is 2.52 bits per heavy atom. The number of hydrogen-bond donors (Lipinski definition) is 0. The molecule has 1 amide bonds. The van der Waals surface area contributed by atoms with Crippen molar-refractivity contribution in [1.82, 2.24) is 24.5 Å². The molecule has 31 heavy (non-hydrogen) atoms. The second-order valence-electron chi connectivity index (χ2n) is 9.06. The van der Waals surface area contributed by atoms with Gasteiger partial charge in [-0.3, -0.25) is 9.78 Å². The zero-order chi connectivity index (χ0) is 21.6. The Bertz CT molecular complexity index is 1250. The van der Waals surface area contributed by atoms with Crippen molar-refractivity contribution in [2.24, 2.45) is 5.41 Å². The highest BCUT2D eigenvalue weighted by Gasteiger charge is 2.30. The normalized spacial score (nSPS) is 14.0. The second kappa shape index (κ2) is 7.30. The van der Waals surface area contributed by atoms with Gasteiger partial charge in [-0.2, -0.15) is 5.10 Å². The molecule has 0 atom stereocenters. The van der Waals surface area contributed by atoms with Gasteiger partial charge in [0.05, 0.1) is 24.1 Å². The van der Waals surface area contributed by atoms with Crippen molar-refractivity contribution >= 4 is 11.6 Å². The molecule has 0 bridgehead atoms. The van der Waals surface area contributed by atoms with Gasteiger partial charge < -0.3 is 4.90 Å². The fourth-order valence-electron chi connectivity index (χ4n) is 4.03. The molecule has 0 fully saturated rings. The third kappa shape index (κ3) is 3.58. The van der Waals surface area contributed by atoms with Gasteiger partial charge in [-0.25, -0.2) is 9.50 Å². The predicted molar refractivity (Wildman–Crippen MR) is 120 cm³/mol. The third-order valence-electron chi connectivity index (χ3n) is 5.72. The van der Waals surface area contributed by atoms with Crippen LogP contribution in [0.3, 0.4) is 0 Å². The van der Waals surface area contributed by atoms with E-state index in [1.165, 1.54) is 0 Å². The molecule has 0 radical (unpaired) electrons. The summed E-state index contributed by atoms with van der Waals surface area (Å²) in [5.41, 5.74) is 6.43. The molecule has 1 aliphatic rings. The van der Waals surface area contributed by atoms with Crippen LogP contribution >= 0.6 is 0 Å². The summed E-state index contributed by atoms with van der Waals surface area (Å²) >= 11 is 0. The minimum Gasteiger partial charge on any atom is -0.336 e. The summed E-state index contributed by atoms with van der Waals surface area (Å²) in [6.07, 6.45) is 6.55. The Morgan fingerprint density at radius 1 is 1.00 bits per heavy atom. The molecule has 4 aromatic rings. The van der Waals surface area contributed by atoms with E-state index in [0.29, 0.717) is 6.54 Å². The van der Waals surface area contributed by atoms with E-state index in [0.717, 1.165) is 52.3 Å². The van der Waals surface area contributed by atoms with Gasteiger partial charge in [0, 0.05) is 41.0 Å². The minimum atomic E-state index is -0.393. The number of aromatic nitrogens is 4. The van der Waals surface area contributed by atoms with Crippen LogP contribution in [0.25, 0.3) is 28.0 Å². The lowest BCUT2D eigenvalue weighted by Crippen LogP contribution is -2.42. The molecule has 1 aromatic carbocycles. The Balaban J connectivity index is 1.48. The first kappa shape index (κ1) is 19.4. The van der Waals surface area contributed by atoms with E-state index >= 15 is 0 Å². The van der Waals surface area contributed by atoms with Crippen molar-refractivity contribution in [3.05, 3.63) is 72.3 Å². The topological polar surface area (TPSA) is 63.4 Å². The largest absolute Gasteiger partial charge is 0.336 e. The summed E-state index contributed by atoms with van der Waals surface area (Å²) in [4.78, 5) is 24.2. The van der Waals surface area contributed by atoms with Crippen LogP contribution in [0.1, 0.15) is 32.0 Å². The first-order chi connectivity index (χ1) is 14.9. The van der Waals surface area contributed by atoms with Crippen molar-refractivity contribution in [1.29, 1.82) is 0 Å². The van der Waals surface area contributed by atoms with Crippen LogP contribution in [0.15, 0.2) is 61.1 Å². The number of carbonyl (C=O) groups excluding carboxylic acids is 1. The fraction of sp³-hybridized carbons (Fsp3) is 0.280. The lowest BCUT2D eigenvalue weighted by Gasteiger charge is -2.33. The van der Waals surface area contributed by atoms with Gasteiger partial charge in [-0.15, -0.1) is 0 Å². The molecule has 4 heterocycles. The van der Waals surface area contributed by atoms with Crippen LogP contribution in [-0.4, -0.2) is 36.9 Å². The average molecular weight is 412 g/mol. The van der Waals surface area contributed by atoms with Crippen LogP contribution in [0.4, 0.5) is 0 Å². The van der Waals surface area contributed by atoms with Gasteiger partial charge in [0.1, 0.15) is 0 Å². The number of fused-ring (bicyclic) bond motifs is 2. The number of pyridine rings is 1. The van der Waals surface area contributed by atoms with Gasteiger partial charge in [0.25, 0.3) is 0 Å². The predicted octanol–water partition coefficient (Wildman–Crippen LogP) is 4.39. The van der Waals surface area contributed by atoms with Crippen LogP contribution in [0.5, 0.6) is 0 Å². The van der Waals surface area contributed by atoms with E-state index < -0.39 is 5.41 Å². The average Bonchev–Trinajstić information content (AvgIpc) is 3.19. The number of benzene rings is 1. The van der Waals surface area contributed by atoms with Gasteiger partial charge in [0.2, 0.25) is 5.91 Å². The van der Waals surface area contributed by atoms with Crippen LogP contribution < -0.4 is 0 Å². The molecule has 1 aliphatic heterocycles. The molecular weight excluding hydrogens is 386 g/mol. The quantitative estimate of drug-likeness (QED) is 0.491. The number of amides is 1. The smallest absolute Gasteiger partial charge is 0.228 e. The Kier molecular flexibility index (Phi) is 4.58. The highest BCUT2D eigenvalue weighted by Crippen LogP contribution is 2.28. The van der Waals surface area contributed by atoms with Crippen molar-refractivity contribution in [2.45, 2.75) is 33.7 Å². The summed E-state index contributed by atoms with van der Waals surface area (Å²) in [6, 6.07) is 14.2. The lowest BCUT2D eigenvalue weighted by molar-refractivity contribution is -0.140. The summed E-state index contributed by atoms with van der Waals surface area (Å²) < 4.78 is 1.83. The van der Waals surface area contributed by atoms with E-state index in [1.807, 2.05) is 73.0 Å². The van der Waals surface area contributed by atoms with Gasteiger partial charge in [-0.1, -0.05) is 57.2 Å². The zero-order valence-corrected chi connectivity index (χ0v) is 18.0. The maximum absolute atomic E-state index is 12.8. The maximum atomic E-state index is 12.8. The van der Waals surface area contributed by atoms with E-state index in [9.17, 15) is 4.79 Å². The Morgan fingerprint density at radius 2 is 1.81 bits per heavy atom. The molecule has 0 saturated heterocycles. The SMILES string of the molecule is CC(C)(C)C(=O)N1CCc2cn3ncc(-c4ccc(-c5ccccc5)nc4)c3nc2C1. The van der Waals surface area contributed by atoms with E-state index in [4.69, 9.17) is 4.98 Å². The second-order valence-corrected chi connectivity index (χ2v) is 9.06. The molecule has 6 heteroatoms. The summed E-state index contributed by atoms with van der Waals surface area (Å²) in [7, 11) is 0. The van der Waals surface area contributed by atoms with E-state index in [1.54, 1.807) is 0 Å². The van der Waals surface area contributed by atoms with Crippen molar-refractivity contribution in [3.8, 4) is 22.4 Å². The highest BCUT2D eigenvalue weighted by molar-refractivity contribution is 5.82. The van der Waals surface area contributed by atoms with Crippen LogP contribution in [-0.2, 0) is 17.8 Å². The van der Waals surface area contributed by atoms with E-state index in [-0.39, 0.29) is 5.91 Å². The summed E-state index contributed by atoms with van der Waals surface area (Å²) in [5.74, 6) is 0.161. The molecule has 0 N–H and O–H groups in total. The van der Waals surface area contributed by atoms with Crippen molar-refractivity contribution in [3.63, 3.8) is 0 Å². The number of hydrogen-bond acceptors (Lipinski definition) is 4. The van der Waals surface area contributed by atoms with Crippen molar-refractivity contribution in [2.75, 3.05) is 6.54 Å². The van der Waals surface area contributed by atoms with Crippen LogP contribution in [0, 0.1) is 5.41 Å². The Hall–Kier alpha value is -3.54. The molecule has 6 nitrogen and oxygen atoms in total. The summed E-state index contributed by atoms with van der Waals surface area (Å²) in [6.45, 7) is 7.14. The molecule has 0 saturated carbocycles. The molecule has 156 valence electrons. The molecular formula is C25H25N5O. The molecule has 0 unspecified atom stereocenters. The minimum absolute atomic E-state index is 0.161. The monoisotopic (exact) mass is 411 g/mol. The molecule has 0 spiro atoms. The van der Waals surface area contributed by atoms with E-state index in [2.05, 4.69) is 28.3 Å². The van der Waals surface area contributed by atoms with Gasteiger partial charge >= 0.3 is 0 Å². The zero-order valence-electron chi connectivity index (χ0n) is 18.0. The van der Waals surface area contributed by atoms with Crippen molar-refractivity contribution < 1.29 is 4.79 Å².